The first-order valence-corrected chi connectivity index (χ1v) is 8.66. The molecule has 0 radical (unpaired) electrons. The van der Waals surface area contributed by atoms with Crippen LogP contribution in [0.3, 0.4) is 0 Å². The van der Waals surface area contributed by atoms with Crippen LogP contribution in [0.15, 0.2) is 54.9 Å². The molecule has 8 heteroatoms. The Bertz CT molecular complexity index is 967. The van der Waals surface area contributed by atoms with Crippen molar-refractivity contribution in [2.24, 2.45) is 0 Å². The van der Waals surface area contributed by atoms with Crippen molar-refractivity contribution < 1.29 is 23.4 Å². The summed E-state index contributed by atoms with van der Waals surface area (Å²) >= 11 is 5.69. The second kappa shape index (κ2) is 9.14. The molecule has 0 atom stereocenters. The highest BCUT2D eigenvalue weighted by molar-refractivity contribution is 6.29. The first-order valence-electron chi connectivity index (χ1n) is 8.28. The number of benzene rings is 2. The molecule has 3 rings (SSSR count). The summed E-state index contributed by atoms with van der Waals surface area (Å²) in [7, 11) is 1.57. The summed E-state index contributed by atoms with van der Waals surface area (Å²) in [6.07, 6.45) is 2.75. The van der Waals surface area contributed by atoms with Crippen molar-refractivity contribution >= 4 is 17.6 Å². The van der Waals surface area contributed by atoms with Crippen LogP contribution in [-0.4, -0.2) is 36.3 Å². The van der Waals surface area contributed by atoms with E-state index in [1.807, 2.05) is 12.1 Å². The van der Waals surface area contributed by atoms with Crippen LogP contribution in [0, 0.1) is 5.82 Å². The van der Waals surface area contributed by atoms with E-state index in [-0.39, 0.29) is 29.8 Å². The fourth-order valence-corrected chi connectivity index (χ4v) is 2.54. The van der Waals surface area contributed by atoms with Crippen molar-refractivity contribution in [3.8, 4) is 22.8 Å². The number of hydrogen-bond acceptors (Lipinski definition) is 6. The lowest BCUT2D eigenvalue weighted by molar-refractivity contribution is 0.0442. The predicted molar refractivity (Wildman–Crippen MR) is 101 cm³/mol. The summed E-state index contributed by atoms with van der Waals surface area (Å²) < 4.78 is 29.8. The van der Waals surface area contributed by atoms with E-state index in [9.17, 15) is 9.18 Å². The van der Waals surface area contributed by atoms with Crippen LogP contribution in [0.25, 0.3) is 11.1 Å². The zero-order valence-corrected chi connectivity index (χ0v) is 15.6. The van der Waals surface area contributed by atoms with E-state index >= 15 is 0 Å². The summed E-state index contributed by atoms with van der Waals surface area (Å²) in [5.74, 6) is -0.534. The van der Waals surface area contributed by atoms with Crippen molar-refractivity contribution in [1.82, 2.24) is 9.97 Å². The molecule has 1 heterocycles. The van der Waals surface area contributed by atoms with Crippen molar-refractivity contribution in [3.05, 3.63) is 71.4 Å². The zero-order chi connectivity index (χ0) is 19.9. The third-order valence-electron chi connectivity index (χ3n) is 3.76. The summed E-state index contributed by atoms with van der Waals surface area (Å²) in [4.78, 5) is 19.8. The molecule has 144 valence electrons. The van der Waals surface area contributed by atoms with Crippen LogP contribution in [0.2, 0.25) is 5.15 Å². The number of halogens is 2. The highest BCUT2D eigenvalue weighted by Gasteiger charge is 2.14. The topological polar surface area (TPSA) is 70.5 Å². The van der Waals surface area contributed by atoms with Crippen LogP contribution >= 0.6 is 11.6 Å². The van der Waals surface area contributed by atoms with E-state index in [0.717, 1.165) is 5.56 Å². The molecule has 2 aromatic carbocycles. The average Bonchev–Trinajstić information content (AvgIpc) is 2.71. The largest absolute Gasteiger partial charge is 0.497 e. The van der Waals surface area contributed by atoms with Crippen molar-refractivity contribution in [2.45, 2.75) is 0 Å². The minimum Gasteiger partial charge on any atom is -0.497 e. The van der Waals surface area contributed by atoms with Gasteiger partial charge in [0.2, 0.25) is 5.88 Å². The Labute approximate surface area is 165 Å². The molecule has 28 heavy (non-hydrogen) atoms. The lowest BCUT2D eigenvalue weighted by atomic mass is 10.0. The molecule has 0 aliphatic heterocycles. The smallest absolute Gasteiger partial charge is 0.341 e. The number of methoxy groups -OCH3 is 1. The van der Waals surface area contributed by atoms with Crippen molar-refractivity contribution in [3.63, 3.8) is 0 Å². The van der Waals surface area contributed by atoms with Gasteiger partial charge in [-0.05, 0) is 35.4 Å². The van der Waals surface area contributed by atoms with Crippen molar-refractivity contribution in [1.29, 1.82) is 0 Å². The highest BCUT2D eigenvalue weighted by atomic mass is 35.5. The monoisotopic (exact) mass is 402 g/mol. The molecule has 1 aromatic heterocycles. The third kappa shape index (κ3) is 4.95. The molecule has 0 aliphatic rings. The van der Waals surface area contributed by atoms with E-state index in [1.54, 1.807) is 25.3 Å². The quantitative estimate of drug-likeness (QED) is 0.436. The maximum atomic E-state index is 14.4. The standard InChI is InChI=1S/C20H16ClFN2O4/c1-26-15-5-2-13(3-6-15)14-4-7-16(17(22)10-14)20(25)28-9-8-27-19-12-23-11-18(21)24-19/h2-7,10-12H,8-9H2,1H3. The first-order chi connectivity index (χ1) is 13.6. The van der Waals surface area contributed by atoms with Crippen LogP contribution in [0.5, 0.6) is 11.6 Å². The van der Waals surface area contributed by atoms with E-state index in [1.165, 1.54) is 24.5 Å². The molecule has 0 unspecified atom stereocenters. The zero-order valence-electron chi connectivity index (χ0n) is 14.9. The summed E-state index contributed by atoms with van der Waals surface area (Å²) in [5.41, 5.74) is 1.29. The molecule has 3 aromatic rings. The summed E-state index contributed by atoms with van der Waals surface area (Å²) in [6, 6.07) is 11.5. The second-order valence-corrected chi connectivity index (χ2v) is 5.97. The molecule has 0 saturated heterocycles. The van der Waals surface area contributed by atoms with Gasteiger partial charge in [0.1, 0.15) is 24.8 Å². The molecular formula is C20H16ClFN2O4. The number of nitrogens with zero attached hydrogens (tertiary/aromatic N) is 2. The number of carbonyl (C=O) groups excluding carboxylic acids is 1. The Morgan fingerprint density at radius 1 is 1.07 bits per heavy atom. The molecule has 0 fully saturated rings. The highest BCUT2D eigenvalue weighted by Crippen LogP contribution is 2.24. The normalized spacial score (nSPS) is 10.4. The maximum Gasteiger partial charge on any atom is 0.341 e. The van der Waals surface area contributed by atoms with Gasteiger partial charge in [0.15, 0.2) is 5.15 Å². The number of hydrogen-bond donors (Lipinski definition) is 0. The third-order valence-corrected chi connectivity index (χ3v) is 3.94. The minimum atomic E-state index is -0.778. The summed E-state index contributed by atoms with van der Waals surface area (Å²) in [5, 5.41) is 0.188. The van der Waals surface area contributed by atoms with Gasteiger partial charge in [0, 0.05) is 0 Å². The number of aromatic nitrogens is 2. The first kappa shape index (κ1) is 19.6. The van der Waals surface area contributed by atoms with Gasteiger partial charge in [-0.2, -0.15) is 4.98 Å². The van der Waals surface area contributed by atoms with Gasteiger partial charge in [-0.1, -0.05) is 29.8 Å². The van der Waals surface area contributed by atoms with Crippen LogP contribution < -0.4 is 9.47 Å². The van der Waals surface area contributed by atoms with Crippen molar-refractivity contribution in [2.75, 3.05) is 20.3 Å². The van der Waals surface area contributed by atoms with Crippen LogP contribution in [-0.2, 0) is 4.74 Å². The van der Waals surface area contributed by atoms with E-state index < -0.39 is 11.8 Å². The minimum absolute atomic E-state index is 0.0340. The van der Waals surface area contributed by atoms with Gasteiger partial charge in [-0.25, -0.2) is 9.18 Å². The SMILES string of the molecule is COc1ccc(-c2ccc(C(=O)OCCOc3cncc(Cl)n3)c(F)c2)cc1. The van der Waals surface area contributed by atoms with Crippen LogP contribution in [0.4, 0.5) is 4.39 Å². The lowest BCUT2D eigenvalue weighted by Crippen LogP contribution is -2.14. The maximum absolute atomic E-state index is 14.4. The Hall–Kier alpha value is -3.19. The van der Waals surface area contributed by atoms with Gasteiger partial charge in [0.05, 0.1) is 25.1 Å². The van der Waals surface area contributed by atoms with Crippen LogP contribution in [0.1, 0.15) is 10.4 Å². The average molecular weight is 403 g/mol. The molecule has 0 bridgehead atoms. The number of ether oxygens (including phenoxy) is 3. The fraction of sp³-hybridized carbons (Fsp3) is 0.150. The predicted octanol–water partition coefficient (Wildman–Crippen LogP) is 4.18. The second-order valence-electron chi connectivity index (χ2n) is 5.59. The van der Waals surface area contributed by atoms with Gasteiger partial charge in [-0.3, -0.25) is 4.98 Å². The molecule has 0 aliphatic carbocycles. The molecular weight excluding hydrogens is 387 g/mol. The van der Waals surface area contributed by atoms with E-state index in [2.05, 4.69) is 9.97 Å². The Morgan fingerprint density at radius 3 is 2.50 bits per heavy atom. The number of esters is 1. The Balaban J connectivity index is 1.57. The molecule has 0 saturated carbocycles. The molecule has 0 spiro atoms. The molecule has 0 amide bonds. The Morgan fingerprint density at radius 2 is 1.82 bits per heavy atom. The van der Waals surface area contributed by atoms with Gasteiger partial charge in [-0.15, -0.1) is 0 Å². The summed E-state index contributed by atoms with van der Waals surface area (Å²) in [6.45, 7) is -0.0426. The van der Waals surface area contributed by atoms with E-state index in [4.69, 9.17) is 25.8 Å². The number of carbonyl (C=O) groups is 1. The van der Waals surface area contributed by atoms with Gasteiger partial charge < -0.3 is 14.2 Å². The Kier molecular flexibility index (Phi) is 6.39. The van der Waals surface area contributed by atoms with E-state index in [0.29, 0.717) is 11.3 Å². The van der Waals surface area contributed by atoms with Gasteiger partial charge in [0.25, 0.3) is 0 Å². The lowest BCUT2D eigenvalue weighted by Gasteiger charge is -2.09. The van der Waals surface area contributed by atoms with Gasteiger partial charge >= 0.3 is 5.97 Å². The number of rotatable bonds is 7. The fourth-order valence-electron chi connectivity index (χ4n) is 2.40. The molecule has 6 nitrogen and oxygen atoms in total. The molecule has 0 N–H and O–H groups in total.